The predicted octanol–water partition coefficient (Wildman–Crippen LogP) is 3.37. The van der Waals surface area contributed by atoms with Crippen LogP contribution in [-0.2, 0) is 17.8 Å². The van der Waals surface area contributed by atoms with E-state index in [4.69, 9.17) is 16.3 Å². The first-order chi connectivity index (χ1) is 16.4. The zero-order valence-corrected chi connectivity index (χ0v) is 19.4. The second-order valence-corrected chi connectivity index (χ2v) is 8.87. The highest BCUT2D eigenvalue weighted by Gasteiger charge is 2.24. The predicted molar refractivity (Wildman–Crippen MR) is 129 cm³/mol. The molecule has 1 fully saturated rings. The van der Waals surface area contributed by atoms with E-state index in [1.165, 1.54) is 20.0 Å². The molecule has 0 aliphatic carbocycles. The third kappa shape index (κ3) is 3.99. The number of carbonyl (C=O) groups excluding carboxylic acids is 1. The Morgan fingerprint density at radius 1 is 1.15 bits per heavy atom. The summed E-state index contributed by atoms with van der Waals surface area (Å²) in [5.41, 5.74) is 1.42. The van der Waals surface area contributed by atoms with E-state index in [2.05, 4.69) is 4.98 Å². The monoisotopic (exact) mass is 478 g/mol. The first-order valence-corrected chi connectivity index (χ1v) is 11.5. The number of hydrogen-bond donors (Lipinski definition) is 0. The van der Waals surface area contributed by atoms with Crippen molar-refractivity contribution in [3.8, 4) is 5.69 Å². The fraction of sp³-hybridized carbons (Fsp3) is 0.280. The second kappa shape index (κ2) is 9.04. The van der Waals surface area contributed by atoms with Crippen LogP contribution in [0.5, 0.6) is 0 Å². The van der Waals surface area contributed by atoms with Crippen LogP contribution in [0.2, 0.25) is 5.02 Å². The van der Waals surface area contributed by atoms with Crippen molar-refractivity contribution in [2.45, 2.75) is 39.0 Å². The minimum atomic E-state index is -0.484. The highest BCUT2D eigenvalue weighted by atomic mass is 35.5. The topological polar surface area (TPSA) is 88.1 Å². The van der Waals surface area contributed by atoms with Gasteiger partial charge in [0.25, 0.3) is 5.56 Å². The first-order valence-electron chi connectivity index (χ1n) is 11.1. The molecule has 1 saturated heterocycles. The third-order valence-electron chi connectivity index (χ3n) is 6.15. The molecule has 5 rings (SSSR count). The van der Waals surface area contributed by atoms with Crippen molar-refractivity contribution in [2.24, 2.45) is 0 Å². The van der Waals surface area contributed by atoms with Crippen molar-refractivity contribution >= 4 is 28.5 Å². The Morgan fingerprint density at radius 2 is 1.91 bits per heavy atom. The van der Waals surface area contributed by atoms with E-state index in [1.807, 2.05) is 31.2 Å². The molecule has 174 valence electrons. The van der Waals surface area contributed by atoms with Gasteiger partial charge in [0.1, 0.15) is 0 Å². The van der Waals surface area contributed by atoms with Gasteiger partial charge < -0.3 is 9.30 Å². The number of fused-ring (bicyclic) bond motifs is 1. The summed E-state index contributed by atoms with van der Waals surface area (Å²) >= 11 is 5.94. The van der Waals surface area contributed by atoms with E-state index in [9.17, 15) is 14.4 Å². The lowest BCUT2D eigenvalue weighted by Crippen LogP contribution is -2.42. The summed E-state index contributed by atoms with van der Waals surface area (Å²) in [5, 5.41) is 0.531. The van der Waals surface area contributed by atoms with Crippen LogP contribution in [-0.4, -0.2) is 37.2 Å². The van der Waals surface area contributed by atoms with E-state index in [0.29, 0.717) is 22.9 Å². The van der Waals surface area contributed by atoms with Crippen molar-refractivity contribution in [1.82, 2.24) is 18.7 Å². The molecule has 1 atom stereocenters. The molecule has 0 radical (unpaired) electrons. The highest BCUT2D eigenvalue weighted by molar-refractivity contribution is 6.30. The Bertz CT molecular complexity index is 1490. The Balaban J connectivity index is 1.68. The number of imidazole rings is 1. The van der Waals surface area contributed by atoms with Crippen molar-refractivity contribution < 1.29 is 9.53 Å². The lowest BCUT2D eigenvalue weighted by atomic mass is 10.1. The van der Waals surface area contributed by atoms with Gasteiger partial charge in [-0.1, -0.05) is 29.8 Å². The molecule has 2 aromatic heterocycles. The van der Waals surface area contributed by atoms with Gasteiger partial charge in [-0.25, -0.2) is 14.3 Å². The molecule has 0 bridgehead atoms. The standard InChI is InChI=1S/C25H23ClN4O4/c1-16-5-2-3-7-20(16)30-23-22(24(32)29(25(30)33)13-19-6-4-12-34-19)28(15-27-23)14-21(31)17-8-10-18(26)11-9-17/h2-3,5,7-11,15,19H,4,6,12-14H2,1H3/t19-/m1/s1. The van der Waals surface area contributed by atoms with Gasteiger partial charge in [0.15, 0.2) is 16.9 Å². The molecule has 9 heteroatoms. The van der Waals surface area contributed by atoms with E-state index < -0.39 is 11.2 Å². The van der Waals surface area contributed by atoms with E-state index in [1.54, 1.807) is 24.3 Å². The molecule has 8 nitrogen and oxygen atoms in total. The van der Waals surface area contributed by atoms with Crippen molar-refractivity contribution in [3.05, 3.63) is 91.8 Å². The minimum absolute atomic E-state index is 0.0979. The minimum Gasteiger partial charge on any atom is -0.376 e. The number of ketones is 1. The van der Waals surface area contributed by atoms with Gasteiger partial charge in [-0.2, -0.15) is 0 Å². The van der Waals surface area contributed by atoms with Gasteiger partial charge in [0.2, 0.25) is 0 Å². The van der Waals surface area contributed by atoms with Gasteiger partial charge >= 0.3 is 5.69 Å². The van der Waals surface area contributed by atoms with Crippen LogP contribution in [0.1, 0.15) is 28.8 Å². The Labute approximate surface area is 200 Å². The summed E-state index contributed by atoms with van der Waals surface area (Å²) in [6.07, 6.45) is 2.90. The fourth-order valence-corrected chi connectivity index (χ4v) is 4.49. The third-order valence-corrected chi connectivity index (χ3v) is 6.40. The van der Waals surface area contributed by atoms with Crippen molar-refractivity contribution in [2.75, 3.05) is 6.61 Å². The number of nitrogens with zero attached hydrogens (tertiary/aromatic N) is 4. The SMILES string of the molecule is Cc1ccccc1-n1c(=O)n(C[C@H]2CCCO2)c(=O)c2c1ncn2CC(=O)c1ccc(Cl)cc1. The summed E-state index contributed by atoms with van der Waals surface area (Å²) in [7, 11) is 0. The highest BCUT2D eigenvalue weighted by Crippen LogP contribution is 2.19. The number of aromatic nitrogens is 4. The van der Waals surface area contributed by atoms with Gasteiger partial charge in [0.05, 0.1) is 31.2 Å². The fourth-order valence-electron chi connectivity index (χ4n) is 4.37. The molecule has 0 N–H and O–H groups in total. The molecule has 4 aromatic rings. The Morgan fingerprint density at radius 3 is 2.62 bits per heavy atom. The van der Waals surface area contributed by atoms with Gasteiger partial charge in [-0.15, -0.1) is 0 Å². The Hall–Kier alpha value is -3.49. The van der Waals surface area contributed by atoms with Crippen LogP contribution in [0.25, 0.3) is 16.9 Å². The summed E-state index contributed by atoms with van der Waals surface area (Å²) in [4.78, 5) is 44.5. The molecule has 2 aromatic carbocycles. The number of carbonyl (C=O) groups is 1. The first kappa shape index (κ1) is 22.3. The van der Waals surface area contributed by atoms with E-state index in [0.717, 1.165) is 18.4 Å². The van der Waals surface area contributed by atoms with Gasteiger partial charge in [0, 0.05) is 17.2 Å². The summed E-state index contributed by atoms with van der Waals surface area (Å²) < 4.78 is 9.86. The molecule has 3 heterocycles. The molecule has 0 amide bonds. The van der Waals surface area contributed by atoms with Crippen LogP contribution in [0.4, 0.5) is 0 Å². The number of benzene rings is 2. The largest absolute Gasteiger partial charge is 0.376 e. The van der Waals surface area contributed by atoms with Crippen molar-refractivity contribution in [1.29, 1.82) is 0 Å². The summed E-state index contributed by atoms with van der Waals surface area (Å²) in [5.74, 6) is -0.199. The molecule has 1 aliphatic heterocycles. The molecule has 34 heavy (non-hydrogen) atoms. The summed E-state index contributed by atoms with van der Waals surface area (Å²) in [6, 6.07) is 14.0. The van der Waals surface area contributed by atoms with Crippen LogP contribution in [0.15, 0.2) is 64.4 Å². The van der Waals surface area contributed by atoms with Crippen LogP contribution >= 0.6 is 11.6 Å². The molecule has 0 spiro atoms. The van der Waals surface area contributed by atoms with E-state index >= 15 is 0 Å². The molecule has 1 aliphatic rings. The maximum atomic E-state index is 13.6. The maximum Gasteiger partial charge on any atom is 0.337 e. The zero-order valence-electron chi connectivity index (χ0n) is 18.6. The average Bonchev–Trinajstić information content (AvgIpc) is 3.49. The zero-order chi connectivity index (χ0) is 23.8. The van der Waals surface area contributed by atoms with Crippen LogP contribution in [0, 0.1) is 6.92 Å². The normalized spacial score (nSPS) is 15.8. The van der Waals surface area contributed by atoms with Gasteiger partial charge in [-0.3, -0.25) is 14.2 Å². The number of ether oxygens (including phenoxy) is 1. The number of hydrogen-bond acceptors (Lipinski definition) is 5. The second-order valence-electron chi connectivity index (χ2n) is 8.43. The maximum absolute atomic E-state index is 13.6. The quantitative estimate of drug-likeness (QED) is 0.396. The summed E-state index contributed by atoms with van der Waals surface area (Å²) in [6.45, 7) is 2.56. The molecular formula is C25H23ClN4O4. The molecule has 0 unspecified atom stereocenters. The van der Waals surface area contributed by atoms with Crippen LogP contribution in [0.3, 0.4) is 0 Å². The number of halogens is 1. The number of aryl methyl sites for hydroxylation is 1. The lowest BCUT2D eigenvalue weighted by Gasteiger charge is -2.16. The van der Waals surface area contributed by atoms with Crippen molar-refractivity contribution in [3.63, 3.8) is 0 Å². The lowest BCUT2D eigenvalue weighted by molar-refractivity contribution is 0.0947. The number of Topliss-reactive ketones (excluding diaryl/α,β-unsaturated/α-hetero) is 1. The van der Waals surface area contributed by atoms with E-state index in [-0.39, 0.29) is 36.1 Å². The number of para-hydroxylation sites is 1. The average molecular weight is 479 g/mol. The van der Waals surface area contributed by atoms with Crippen LogP contribution < -0.4 is 11.2 Å². The smallest absolute Gasteiger partial charge is 0.337 e. The van der Waals surface area contributed by atoms with Gasteiger partial charge in [-0.05, 0) is 55.7 Å². The molecular weight excluding hydrogens is 456 g/mol. The Kier molecular flexibility index (Phi) is 5.93. The molecule has 0 saturated carbocycles. The number of rotatable bonds is 6.